The second-order valence-corrected chi connectivity index (χ2v) is 5.02. The van der Waals surface area contributed by atoms with Crippen LogP contribution in [0.15, 0.2) is 22.8 Å². The smallest absolute Gasteiger partial charge is 0.191 e. The molecule has 0 bridgehead atoms. The number of nitrogen functional groups attached to an aromatic ring is 1. The maximum absolute atomic E-state index is 5.69. The Hall–Kier alpha value is -1.34. The molecule has 17 heavy (non-hydrogen) atoms. The van der Waals surface area contributed by atoms with Crippen LogP contribution in [0.5, 0.6) is 0 Å². The van der Waals surface area contributed by atoms with Gasteiger partial charge in [0.15, 0.2) is 5.16 Å². The molecule has 2 rings (SSSR count). The first kappa shape index (κ1) is 12.1. The SMILES string of the molecule is CSc1nc(N)cc(NCCc2nccs2)n1. The lowest BCUT2D eigenvalue weighted by Gasteiger charge is -2.06. The van der Waals surface area contributed by atoms with Crippen molar-refractivity contribution in [1.82, 2.24) is 15.0 Å². The van der Waals surface area contributed by atoms with Gasteiger partial charge >= 0.3 is 0 Å². The minimum Gasteiger partial charge on any atom is -0.383 e. The highest BCUT2D eigenvalue weighted by atomic mass is 32.2. The van der Waals surface area contributed by atoms with Gasteiger partial charge in [-0.15, -0.1) is 11.3 Å². The van der Waals surface area contributed by atoms with Crippen molar-refractivity contribution in [2.75, 3.05) is 23.9 Å². The fraction of sp³-hybridized carbons (Fsp3) is 0.300. The van der Waals surface area contributed by atoms with Crippen LogP contribution in [0.2, 0.25) is 0 Å². The van der Waals surface area contributed by atoms with E-state index in [-0.39, 0.29) is 0 Å². The van der Waals surface area contributed by atoms with Crippen LogP contribution in [0.1, 0.15) is 5.01 Å². The Labute approximate surface area is 108 Å². The molecule has 0 aromatic carbocycles. The third-order valence-electron chi connectivity index (χ3n) is 2.04. The van der Waals surface area contributed by atoms with Crippen molar-refractivity contribution < 1.29 is 0 Å². The third kappa shape index (κ3) is 3.57. The molecule has 0 spiro atoms. The molecule has 0 saturated carbocycles. The quantitative estimate of drug-likeness (QED) is 0.636. The summed E-state index contributed by atoms with van der Waals surface area (Å²) in [7, 11) is 0. The van der Waals surface area contributed by atoms with Gasteiger partial charge in [0.25, 0.3) is 0 Å². The summed E-state index contributed by atoms with van der Waals surface area (Å²) in [5.41, 5.74) is 5.69. The molecule has 0 radical (unpaired) electrons. The van der Waals surface area contributed by atoms with Crippen molar-refractivity contribution in [3.63, 3.8) is 0 Å². The minimum absolute atomic E-state index is 0.487. The van der Waals surface area contributed by atoms with E-state index in [0.29, 0.717) is 11.0 Å². The summed E-state index contributed by atoms with van der Waals surface area (Å²) in [6.07, 6.45) is 4.62. The molecule has 90 valence electrons. The van der Waals surface area contributed by atoms with E-state index in [2.05, 4.69) is 20.3 Å². The Morgan fingerprint density at radius 1 is 1.47 bits per heavy atom. The molecule has 0 aliphatic rings. The Morgan fingerprint density at radius 2 is 2.35 bits per heavy atom. The molecule has 2 heterocycles. The van der Waals surface area contributed by atoms with E-state index in [4.69, 9.17) is 5.73 Å². The van der Waals surface area contributed by atoms with Gasteiger partial charge in [-0.05, 0) is 6.26 Å². The van der Waals surface area contributed by atoms with Crippen LogP contribution in [-0.2, 0) is 6.42 Å². The zero-order valence-corrected chi connectivity index (χ0v) is 11.0. The molecular weight excluding hydrogens is 254 g/mol. The Bertz CT molecular complexity index is 472. The number of aromatic nitrogens is 3. The van der Waals surface area contributed by atoms with Crippen molar-refractivity contribution in [3.8, 4) is 0 Å². The fourth-order valence-electron chi connectivity index (χ4n) is 1.30. The molecule has 0 aliphatic heterocycles. The zero-order chi connectivity index (χ0) is 12.1. The minimum atomic E-state index is 0.487. The highest BCUT2D eigenvalue weighted by molar-refractivity contribution is 7.98. The zero-order valence-electron chi connectivity index (χ0n) is 9.38. The molecule has 2 aromatic rings. The maximum Gasteiger partial charge on any atom is 0.191 e. The van der Waals surface area contributed by atoms with E-state index in [1.54, 1.807) is 17.4 Å². The topological polar surface area (TPSA) is 76.7 Å². The lowest BCUT2D eigenvalue weighted by atomic mass is 10.4. The summed E-state index contributed by atoms with van der Waals surface area (Å²) in [6, 6.07) is 1.74. The van der Waals surface area contributed by atoms with Crippen molar-refractivity contribution in [1.29, 1.82) is 0 Å². The summed E-state index contributed by atoms with van der Waals surface area (Å²) in [5.74, 6) is 1.25. The van der Waals surface area contributed by atoms with Gasteiger partial charge in [-0.2, -0.15) is 0 Å². The van der Waals surface area contributed by atoms with E-state index >= 15 is 0 Å². The van der Waals surface area contributed by atoms with Crippen molar-refractivity contribution in [2.45, 2.75) is 11.6 Å². The van der Waals surface area contributed by atoms with E-state index in [0.717, 1.165) is 23.8 Å². The fourth-order valence-corrected chi connectivity index (χ4v) is 2.31. The molecular formula is C10H13N5S2. The summed E-state index contributed by atoms with van der Waals surface area (Å²) in [5, 5.41) is 6.99. The van der Waals surface area contributed by atoms with Gasteiger partial charge in [0.2, 0.25) is 0 Å². The first-order valence-corrected chi connectivity index (χ1v) is 7.19. The predicted molar refractivity (Wildman–Crippen MR) is 72.5 cm³/mol. The molecule has 3 N–H and O–H groups in total. The van der Waals surface area contributed by atoms with E-state index in [1.807, 2.05) is 17.8 Å². The summed E-state index contributed by atoms with van der Waals surface area (Å²) >= 11 is 3.13. The molecule has 7 heteroatoms. The molecule has 0 fully saturated rings. The summed E-state index contributed by atoms with van der Waals surface area (Å²) < 4.78 is 0. The van der Waals surface area contributed by atoms with Gasteiger partial charge in [0.05, 0.1) is 5.01 Å². The molecule has 5 nitrogen and oxygen atoms in total. The highest BCUT2D eigenvalue weighted by Gasteiger charge is 2.01. The Kier molecular flexibility index (Phi) is 4.16. The number of hydrogen-bond donors (Lipinski definition) is 2. The number of thioether (sulfide) groups is 1. The van der Waals surface area contributed by atoms with Crippen LogP contribution in [0.25, 0.3) is 0 Å². The standard InChI is InChI=1S/C10H13N5S2/c1-16-10-14-7(11)6-8(15-10)12-3-2-9-13-4-5-17-9/h4-6H,2-3H2,1H3,(H3,11,12,14,15). The molecule has 0 amide bonds. The first-order chi connectivity index (χ1) is 8.28. The highest BCUT2D eigenvalue weighted by Crippen LogP contribution is 2.15. The monoisotopic (exact) mass is 267 g/mol. The summed E-state index contributed by atoms with van der Waals surface area (Å²) in [6.45, 7) is 0.789. The lowest BCUT2D eigenvalue weighted by Crippen LogP contribution is -2.08. The number of anilines is 2. The first-order valence-electron chi connectivity index (χ1n) is 5.08. The van der Waals surface area contributed by atoms with E-state index in [9.17, 15) is 0 Å². The van der Waals surface area contributed by atoms with E-state index in [1.165, 1.54) is 11.8 Å². The van der Waals surface area contributed by atoms with Crippen LogP contribution in [0.3, 0.4) is 0 Å². The Morgan fingerprint density at radius 3 is 3.06 bits per heavy atom. The molecule has 0 saturated heterocycles. The van der Waals surface area contributed by atoms with Crippen molar-refractivity contribution in [3.05, 3.63) is 22.7 Å². The number of rotatable bonds is 5. The van der Waals surface area contributed by atoms with Crippen molar-refractivity contribution in [2.24, 2.45) is 0 Å². The number of nitrogens with one attached hydrogen (secondary N) is 1. The maximum atomic E-state index is 5.69. The molecule has 0 aliphatic carbocycles. The number of hydrogen-bond acceptors (Lipinski definition) is 7. The summed E-state index contributed by atoms with van der Waals surface area (Å²) in [4.78, 5) is 12.6. The average molecular weight is 267 g/mol. The van der Waals surface area contributed by atoms with Gasteiger partial charge in [0.1, 0.15) is 11.6 Å². The van der Waals surface area contributed by atoms with Crippen molar-refractivity contribution >= 4 is 34.7 Å². The van der Waals surface area contributed by atoms with E-state index < -0.39 is 0 Å². The second-order valence-electron chi connectivity index (χ2n) is 3.27. The van der Waals surface area contributed by atoms with Crippen LogP contribution in [-0.4, -0.2) is 27.8 Å². The number of nitrogens with two attached hydrogens (primary N) is 1. The molecule has 0 atom stereocenters. The number of nitrogens with zero attached hydrogens (tertiary/aromatic N) is 3. The van der Waals surface area contributed by atoms with Crippen LogP contribution in [0, 0.1) is 0 Å². The lowest BCUT2D eigenvalue weighted by molar-refractivity contribution is 0.941. The Balaban J connectivity index is 1.92. The van der Waals surface area contributed by atoms with Gasteiger partial charge in [0, 0.05) is 30.6 Å². The molecule has 0 unspecified atom stereocenters. The van der Waals surface area contributed by atoms with Gasteiger partial charge < -0.3 is 11.1 Å². The van der Waals surface area contributed by atoms with Gasteiger partial charge in [-0.1, -0.05) is 11.8 Å². The van der Waals surface area contributed by atoms with Gasteiger partial charge in [-0.3, -0.25) is 0 Å². The third-order valence-corrected chi connectivity index (χ3v) is 3.42. The second kappa shape index (κ2) is 5.83. The number of thiazole rings is 1. The largest absolute Gasteiger partial charge is 0.383 e. The van der Waals surface area contributed by atoms with Crippen LogP contribution < -0.4 is 11.1 Å². The van der Waals surface area contributed by atoms with Crippen LogP contribution >= 0.6 is 23.1 Å². The predicted octanol–water partition coefficient (Wildman–Crippen LogP) is 1.89. The molecule has 2 aromatic heterocycles. The normalized spacial score (nSPS) is 10.4. The van der Waals surface area contributed by atoms with Crippen LogP contribution in [0.4, 0.5) is 11.6 Å². The average Bonchev–Trinajstić information content (AvgIpc) is 2.81. The van der Waals surface area contributed by atoms with Gasteiger partial charge in [-0.25, -0.2) is 15.0 Å².